The number of carbonyl (C=O) groups is 1. The van der Waals surface area contributed by atoms with E-state index in [0.29, 0.717) is 5.75 Å². The first-order valence-electron chi connectivity index (χ1n) is 5.23. The number of rotatable bonds is 3. The summed E-state index contributed by atoms with van der Waals surface area (Å²) in [6, 6.07) is 8.31. The number of aryl methyl sites for hydroxylation is 1. The van der Waals surface area contributed by atoms with Crippen molar-refractivity contribution in [2.75, 3.05) is 18.8 Å². The highest BCUT2D eigenvalue weighted by atomic mass is 32.2. The van der Waals surface area contributed by atoms with Crippen molar-refractivity contribution in [3.8, 4) is 0 Å². The minimum atomic E-state index is 0.270. The lowest BCUT2D eigenvalue weighted by Crippen LogP contribution is -2.42. The first kappa shape index (κ1) is 10.6. The van der Waals surface area contributed by atoms with Gasteiger partial charge in [0.25, 0.3) is 0 Å². The molecule has 1 aliphatic rings. The monoisotopic (exact) mass is 221 g/mol. The van der Waals surface area contributed by atoms with E-state index in [-0.39, 0.29) is 5.91 Å². The number of hydrogen-bond donors (Lipinski definition) is 0. The van der Waals surface area contributed by atoms with Gasteiger partial charge in [0, 0.05) is 18.0 Å². The van der Waals surface area contributed by atoms with Crippen molar-refractivity contribution >= 4 is 17.7 Å². The van der Waals surface area contributed by atoms with E-state index in [1.54, 1.807) is 11.8 Å². The van der Waals surface area contributed by atoms with E-state index < -0.39 is 0 Å². The van der Waals surface area contributed by atoms with Gasteiger partial charge in [-0.05, 0) is 25.5 Å². The first-order valence-corrected chi connectivity index (χ1v) is 6.21. The maximum atomic E-state index is 11.6. The number of hydrogen-bond acceptors (Lipinski definition) is 2. The third kappa shape index (κ3) is 2.75. The Hall–Kier alpha value is -0.960. The fraction of sp³-hybridized carbons (Fsp3) is 0.417. The molecule has 3 heteroatoms. The van der Waals surface area contributed by atoms with Gasteiger partial charge < -0.3 is 4.90 Å². The second kappa shape index (κ2) is 4.71. The zero-order valence-electron chi connectivity index (χ0n) is 8.90. The van der Waals surface area contributed by atoms with E-state index in [9.17, 15) is 4.79 Å². The van der Waals surface area contributed by atoms with Crippen molar-refractivity contribution in [1.29, 1.82) is 0 Å². The predicted molar refractivity (Wildman–Crippen MR) is 63.1 cm³/mol. The van der Waals surface area contributed by atoms with Gasteiger partial charge in [-0.15, -0.1) is 11.8 Å². The van der Waals surface area contributed by atoms with Crippen molar-refractivity contribution in [3.05, 3.63) is 29.8 Å². The quantitative estimate of drug-likeness (QED) is 0.730. The molecule has 0 aliphatic carbocycles. The highest BCUT2D eigenvalue weighted by Crippen LogP contribution is 2.19. The zero-order valence-corrected chi connectivity index (χ0v) is 9.72. The van der Waals surface area contributed by atoms with Crippen molar-refractivity contribution in [3.63, 3.8) is 0 Å². The largest absolute Gasteiger partial charge is 0.342 e. The molecule has 0 aromatic heterocycles. The summed E-state index contributed by atoms with van der Waals surface area (Å²) >= 11 is 1.62. The molecule has 0 unspecified atom stereocenters. The van der Waals surface area contributed by atoms with Gasteiger partial charge in [-0.1, -0.05) is 17.7 Å². The molecule has 1 aliphatic heterocycles. The standard InChI is InChI=1S/C12H15NOS/c1-10-3-5-11(6-4-10)15-9-12(14)13-7-2-8-13/h3-6H,2,7-9H2,1H3. The van der Waals surface area contributed by atoms with Gasteiger partial charge in [0.1, 0.15) is 0 Å². The summed E-state index contributed by atoms with van der Waals surface area (Å²) in [5.74, 6) is 0.843. The van der Waals surface area contributed by atoms with Crippen molar-refractivity contribution < 1.29 is 4.79 Å². The minimum absolute atomic E-state index is 0.270. The Balaban J connectivity index is 1.82. The summed E-state index contributed by atoms with van der Waals surface area (Å²) in [4.78, 5) is 14.7. The Morgan fingerprint density at radius 1 is 1.33 bits per heavy atom. The van der Waals surface area contributed by atoms with Crippen LogP contribution in [-0.4, -0.2) is 29.6 Å². The molecular weight excluding hydrogens is 206 g/mol. The molecule has 0 radical (unpaired) electrons. The molecule has 1 aromatic carbocycles. The number of amides is 1. The number of thioether (sulfide) groups is 1. The fourth-order valence-corrected chi connectivity index (χ4v) is 2.24. The van der Waals surface area contributed by atoms with Crippen LogP contribution in [0, 0.1) is 6.92 Å². The van der Waals surface area contributed by atoms with E-state index in [1.165, 1.54) is 16.9 Å². The van der Waals surface area contributed by atoms with E-state index in [4.69, 9.17) is 0 Å². The summed E-state index contributed by atoms with van der Waals surface area (Å²) in [7, 11) is 0. The lowest BCUT2D eigenvalue weighted by molar-refractivity contribution is -0.131. The average Bonchev–Trinajstić information content (AvgIpc) is 2.14. The van der Waals surface area contributed by atoms with Gasteiger partial charge in [-0.3, -0.25) is 4.79 Å². The van der Waals surface area contributed by atoms with E-state index in [0.717, 1.165) is 13.1 Å². The zero-order chi connectivity index (χ0) is 10.7. The Morgan fingerprint density at radius 3 is 2.53 bits per heavy atom. The molecule has 2 nitrogen and oxygen atoms in total. The first-order chi connectivity index (χ1) is 7.25. The highest BCUT2D eigenvalue weighted by molar-refractivity contribution is 8.00. The van der Waals surface area contributed by atoms with Crippen molar-refractivity contribution in [2.24, 2.45) is 0 Å². The molecule has 0 N–H and O–H groups in total. The molecule has 15 heavy (non-hydrogen) atoms. The lowest BCUT2D eigenvalue weighted by atomic mass is 10.2. The Morgan fingerprint density at radius 2 is 2.00 bits per heavy atom. The third-order valence-electron chi connectivity index (χ3n) is 2.59. The molecule has 1 saturated heterocycles. The van der Waals surface area contributed by atoms with Crippen LogP contribution in [0.15, 0.2) is 29.2 Å². The second-order valence-corrected chi connectivity index (χ2v) is 4.88. The maximum Gasteiger partial charge on any atom is 0.232 e. The summed E-state index contributed by atoms with van der Waals surface area (Å²) in [6.45, 7) is 3.97. The van der Waals surface area contributed by atoms with Crippen LogP contribution in [0.25, 0.3) is 0 Å². The van der Waals surface area contributed by atoms with E-state index in [2.05, 4.69) is 31.2 Å². The molecule has 0 saturated carbocycles. The van der Waals surface area contributed by atoms with Gasteiger partial charge in [-0.2, -0.15) is 0 Å². The highest BCUT2D eigenvalue weighted by Gasteiger charge is 2.19. The van der Waals surface area contributed by atoms with Crippen LogP contribution in [0.4, 0.5) is 0 Å². The Bertz CT molecular complexity index is 343. The lowest BCUT2D eigenvalue weighted by Gasteiger charge is -2.30. The van der Waals surface area contributed by atoms with E-state index in [1.807, 2.05) is 4.90 Å². The average molecular weight is 221 g/mol. The van der Waals surface area contributed by atoms with Crippen LogP contribution in [-0.2, 0) is 4.79 Å². The molecule has 1 fully saturated rings. The third-order valence-corrected chi connectivity index (χ3v) is 3.59. The molecule has 0 spiro atoms. The second-order valence-electron chi connectivity index (χ2n) is 3.84. The number of benzene rings is 1. The van der Waals surface area contributed by atoms with Crippen LogP contribution >= 0.6 is 11.8 Å². The number of likely N-dealkylation sites (tertiary alicyclic amines) is 1. The molecule has 1 aromatic rings. The molecule has 0 bridgehead atoms. The predicted octanol–water partition coefficient (Wildman–Crippen LogP) is 2.32. The SMILES string of the molecule is Cc1ccc(SCC(=O)N2CCC2)cc1. The molecule has 1 amide bonds. The summed E-state index contributed by atoms with van der Waals surface area (Å²) < 4.78 is 0. The summed E-state index contributed by atoms with van der Waals surface area (Å²) in [5.41, 5.74) is 1.26. The van der Waals surface area contributed by atoms with Crippen LogP contribution in [0.3, 0.4) is 0 Å². The van der Waals surface area contributed by atoms with Crippen LogP contribution in [0.1, 0.15) is 12.0 Å². The van der Waals surface area contributed by atoms with Gasteiger partial charge in [0.2, 0.25) is 5.91 Å². The molecule has 0 atom stereocenters. The smallest absolute Gasteiger partial charge is 0.232 e. The van der Waals surface area contributed by atoms with Crippen LogP contribution in [0.2, 0.25) is 0 Å². The number of nitrogens with zero attached hydrogens (tertiary/aromatic N) is 1. The van der Waals surface area contributed by atoms with Gasteiger partial charge in [-0.25, -0.2) is 0 Å². The van der Waals surface area contributed by atoms with Crippen molar-refractivity contribution in [2.45, 2.75) is 18.2 Å². The Labute approximate surface area is 94.7 Å². The van der Waals surface area contributed by atoms with E-state index >= 15 is 0 Å². The normalized spacial score (nSPS) is 14.9. The summed E-state index contributed by atoms with van der Waals surface area (Å²) in [6.07, 6.45) is 1.17. The summed E-state index contributed by atoms with van der Waals surface area (Å²) in [5, 5.41) is 0. The number of carbonyl (C=O) groups excluding carboxylic acids is 1. The molecule has 80 valence electrons. The molecular formula is C12H15NOS. The van der Waals surface area contributed by atoms with Gasteiger partial charge in [0.05, 0.1) is 5.75 Å². The van der Waals surface area contributed by atoms with Gasteiger partial charge >= 0.3 is 0 Å². The molecule has 1 heterocycles. The maximum absolute atomic E-state index is 11.6. The molecule has 2 rings (SSSR count). The minimum Gasteiger partial charge on any atom is -0.342 e. The van der Waals surface area contributed by atoms with Gasteiger partial charge in [0.15, 0.2) is 0 Å². The van der Waals surface area contributed by atoms with Crippen LogP contribution in [0.5, 0.6) is 0 Å². The van der Waals surface area contributed by atoms with Crippen LogP contribution < -0.4 is 0 Å². The topological polar surface area (TPSA) is 20.3 Å². The Kier molecular flexibility index (Phi) is 3.31. The fourth-order valence-electron chi connectivity index (χ4n) is 1.44. The van der Waals surface area contributed by atoms with Crippen molar-refractivity contribution in [1.82, 2.24) is 4.90 Å².